The van der Waals surface area contributed by atoms with Crippen molar-refractivity contribution < 1.29 is 23.8 Å². The van der Waals surface area contributed by atoms with Crippen molar-refractivity contribution >= 4 is 23.5 Å². The predicted octanol–water partition coefficient (Wildman–Crippen LogP) is 0.693. The Balaban J connectivity index is 1.50. The van der Waals surface area contributed by atoms with Crippen LogP contribution in [0, 0.1) is 0 Å². The molecule has 2 saturated carbocycles. The molecule has 2 atom stereocenters. The molecule has 0 spiro atoms. The van der Waals surface area contributed by atoms with Crippen LogP contribution < -0.4 is 11.3 Å². The summed E-state index contributed by atoms with van der Waals surface area (Å²) in [4.78, 5) is 39.6. The van der Waals surface area contributed by atoms with Crippen LogP contribution in [0.25, 0.3) is 11.7 Å². The quantitative estimate of drug-likeness (QED) is 0.614. The van der Waals surface area contributed by atoms with Crippen LogP contribution in [0.3, 0.4) is 0 Å². The number of nitrogens with zero attached hydrogens (tertiary/aromatic N) is 4. The number of likely N-dealkylation sites (tertiary alicyclic amines) is 1. The van der Waals surface area contributed by atoms with E-state index in [9.17, 15) is 23.9 Å². The zero-order valence-corrected chi connectivity index (χ0v) is 17.9. The van der Waals surface area contributed by atoms with Gasteiger partial charge in [0.2, 0.25) is 11.8 Å². The number of hydrogen-bond acceptors (Lipinski definition) is 6. The molecular weight excluding hydrogens is 433 g/mol. The van der Waals surface area contributed by atoms with Gasteiger partial charge >= 0.3 is 0 Å². The summed E-state index contributed by atoms with van der Waals surface area (Å²) in [5.41, 5.74) is 3.52. The molecule has 4 aliphatic rings. The Bertz CT molecular complexity index is 1290. The van der Waals surface area contributed by atoms with Crippen LogP contribution in [0.2, 0.25) is 0 Å². The summed E-state index contributed by atoms with van der Waals surface area (Å²) in [6.45, 7) is 0.812. The molecule has 33 heavy (non-hydrogen) atoms. The molecule has 0 unspecified atom stereocenters. The van der Waals surface area contributed by atoms with Crippen molar-refractivity contribution in [3.05, 3.63) is 33.3 Å². The fourth-order valence-corrected chi connectivity index (χ4v) is 4.96. The van der Waals surface area contributed by atoms with Crippen LogP contribution in [0.15, 0.2) is 10.9 Å². The fraction of sp³-hybridized carbons (Fsp3) is 0.545. The van der Waals surface area contributed by atoms with Gasteiger partial charge in [0, 0.05) is 24.1 Å². The van der Waals surface area contributed by atoms with E-state index in [0.29, 0.717) is 37.3 Å². The minimum Gasteiger partial charge on any atom is -0.494 e. The number of primary amides is 1. The molecule has 4 fully saturated rings. The molecule has 4 heterocycles. The Morgan fingerprint density at radius 1 is 1.33 bits per heavy atom. The Morgan fingerprint density at radius 3 is 2.67 bits per heavy atom. The molecule has 2 saturated heterocycles. The van der Waals surface area contributed by atoms with Crippen molar-refractivity contribution in [2.75, 3.05) is 13.2 Å². The first-order valence-corrected chi connectivity index (χ1v) is 11.2. The van der Waals surface area contributed by atoms with Gasteiger partial charge in [-0.05, 0) is 38.2 Å². The summed E-state index contributed by atoms with van der Waals surface area (Å²) in [5.74, 6) is -1.88. The largest absolute Gasteiger partial charge is 0.494 e. The molecule has 2 aromatic rings. The van der Waals surface area contributed by atoms with Crippen LogP contribution >= 0.6 is 0 Å². The molecule has 3 N–H and O–H groups in total. The summed E-state index contributed by atoms with van der Waals surface area (Å²) in [6, 6.07) is 0.0561. The third-order valence-corrected chi connectivity index (χ3v) is 7.09. The smallest absolute Gasteiger partial charge is 0.291 e. The number of morpholine rings is 1. The SMILES string of the molecule is NC(=O)c1c(O)n(CC2(F)CC2)c2c(/C=C/C(=O)N3C[C@H]4C[C@@H]3CO4)c(C3CC3)nn2c1=O. The Morgan fingerprint density at radius 2 is 2.09 bits per heavy atom. The second kappa shape index (κ2) is 6.89. The van der Waals surface area contributed by atoms with Crippen molar-refractivity contribution in [1.29, 1.82) is 0 Å². The predicted molar refractivity (Wildman–Crippen MR) is 114 cm³/mol. The second-order valence-corrected chi connectivity index (χ2v) is 9.58. The average molecular weight is 457 g/mol. The van der Waals surface area contributed by atoms with Gasteiger partial charge < -0.3 is 20.5 Å². The van der Waals surface area contributed by atoms with Gasteiger partial charge in [-0.15, -0.1) is 0 Å². The summed E-state index contributed by atoms with van der Waals surface area (Å²) >= 11 is 0. The van der Waals surface area contributed by atoms with Crippen LogP contribution in [0.4, 0.5) is 4.39 Å². The standard InChI is InChI=1S/C22H24FN5O5/c23-22(5-6-22)10-27-19-14(3-4-15(29)26-8-13-7-12(26)9-33-13)17(11-1-2-11)25-28(19)21(32)16(18(24)30)20(27)31/h3-4,11-13,31H,1-2,5-10H2,(H2,24,30)/b4-3+/t12-,13-/m1/s1. The molecule has 0 aromatic carbocycles. The number of ether oxygens (including phenoxy) is 1. The van der Waals surface area contributed by atoms with Crippen LogP contribution in [0.1, 0.15) is 59.6 Å². The lowest BCUT2D eigenvalue weighted by atomic mass is 10.1. The van der Waals surface area contributed by atoms with Crippen molar-refractivity contribution in [2.24, 2.45) is 5.73 Å². The second-order valence-electron chi connectivity index (χ2n) is 9.58. The molecule has 174 valence electrons. The number of nitrogens with two attached hydrogens (primary N) is 1. The normalized spacial score (nSPS) is 25.4. The highest BCUT2D eigenvalue weighted by Crippen LogP contribution is 2.45. The van der Waals surface area contributed by atoms with Gasteiger partial charge in [-0.2, -0.15) is 9.61 Å². The molecule has 6 rings (SSSR count). The van der Waals surface area contributed by atoms with Crippen molar-refractivity contribution in [2.45, 2.75) is 62.4 Å². The lowest BCUT2D eigenvalue weighted by molar-refractivity contribution is -0.130. The number of halogens is 1. The number of rotatable bonds is 6. The van der Waals surface area contributed by atoms with Crippen LogP contribution in [-0.4, -0.2) is 67.0 Å². The van der Waals surface area contributed by atoms with Crippen molar-refractivity contribution in [3.8, 4) is 5.88 Å². The highest BCUT2D eigenvalue weighted by molar-refractivity contribution is 5.96. The first-order chi connectivity index (χ1) is 15.8. The van der Waals surface area contributed by atoms with Gasteiger partial charge in [-0.3, -0.25) is 19.0 Å². The summed E-state index contributed by atoms with van der Waals surface area (Å²) in [5, 5.41) is 15.2. The summed E-state index contributed by atoms with van der Waals surface area (Å²) < 4.78 is 22.6. The van der Waals surface area contributed by atoms with E-state index < -0.39 is 28.6 Å². The molecule has 0 radical (unpaired) electrons. The Kier molecular flexibility index (Phi) is 4.26. The maximum atomic E-state index is 14.8. The number of fused-ring (bicyclic) bond motifs is 3. The zero-order valence-electron chi connectivity index (χ0n) is 17.9. The minimum absolute atomic E-state index is 0.0561. The monoisotopic (exact) mass is 457 g/mol. The fourth-order valence-electron chi connectivity index (χ4n) is 4.96. The molecule has 10 nitrogen and oxygen atoms in total. The zero-order chi connectivity index (χ0) is 23.1. The number of hydrogen-bond donors (Lipinski definition) is 2. The lowest BCUT2D eigenvalue weighted by Crippen LogP contribution is -2.40. The number of amides is 2. The highest BCUT2D eigenvalue weighted by atomic mass is 19.1. The van der Waals surface area contributed by atoms with E-state index in [2.05, 4.69) is 5.10 Å². The number of carbonyl (C=O) groups is 2. The Hall–Kier alpha value is -3.21. The summed E-state index contributed by atoms with van der Waals surface area (Å²) in [7, 11) is 0. The van der Waals surface area contributed by atoms with Crippen LogP contribution in [0.5, 0.6) is 5.88 Å². The summed E-state index contributed by atoms with van der Waals surface area (Å²) in [6.07, 6.45) is 6.25. The number of aromatic hydroxyl groups is 1. The van der Waals surface area contributed by atoms with E-state index in [1.807, 2.05) is 0 Å². The van der Waals surface area contributed by atoms with Gasteiger partial charge in [-0.25, -0.2) is 4.39 Å². The number of carbonyl (C=O) groups excluding carboxylic acids is 2. The molecule has 2 bridgehead atoms. The van der Waals surface area contributed by atoms with E-state index in [1.54, 1.807) is 11.0 Å². The minimum atomic E-state index is -1.54. The van der Waals surface area contributed by atoms with E-state index in [4.69, 9.17) is 10.5 Å². The van der Waals surface area contributed by atoms with E-state index in [0.717, 1.165) is 23.8 Å². The average Bonchev–Trinajstić information content (AvgIpc) is 3.61. The van der Waals surface area contributed by atoms with Gasteiger partial charge in [0.05, 0.1) is 31.0 Å². The molecular formula is C22H24FN5O5. The highest BCUT2D eigenvalue weighted by Gasteiger charge is 2.45. The topological polar surface area (TPSA) is 132 Å². The van der Waals surface area contributed by atoms with Gasteiger partial charge in [-0.1, -0.05) is 0 Å². The van der Waals surface area contributed by atoms with Crippen molar-refractivity contribution in [1.82, 2.24) is 19.1 Å². The lowest BCUT2D eigenvalue weighted by Gasteiger charge is -2.25. The molecule has 2 aromatic heterocycles. The van der Waals surface area contributed by atoms with Gasteiger partial charge in [0.25, 0.3) is 11.5 Å². The number of aromatic nitrogens is 3. The van der Waals surface area contributed by atoms with E-state index >= 15 is 0 Å². The van der Waals surface area contributed by atoms with E-state index in [1.165, 1.54) is 10.6 Å². The van der Waals surface area contributed by atoms with Gasteiger partial charge in [0.15, 0.2) is 5.56 Å². The molecule has 2 aliphatic heterocycles. The van der Waals surface area contributed by atoms with E-state index in [-0.39, 0.29) is 36.2 Å². The molecule has 2 aliphatic carbocycles. The van der Waals surface area contributed by atoms with Gasteiger partial charge in [0.1, 0.15) is 11.3 Å². The first-order valence-electron chi connectivity index (χ1n) is 11.2. The molecule has 2 amide bonds. The maximum absolute atomic E-state index is 14.8. The number of alkyl halides is 1. The van der Waals surface area contributed by atoms with Crippen molar-refractivity contribution in [3.63, 3.8) is 0 Å². The van der Waals surface area contributed by atoms with Crippen LogP contribution in [-0.2, 0) is 16.1 Å². The maximum Gasteiger partial charge on any atom is 0.291 e. The third-order valence-electron chi connectivity index (χ3n) is 7.09. The Labute approximate surface area is 187 Å². The first kappa shape index (κ1) is 20.4. The molecule has 11 heteroatoms. The third kappa shape index (κ3) is 3.25.